The molecule has 0 saturated carbocycles. The van der Waals surface area contributed by atoms with Gasteiger partial charge in [-0.2, -0.15) is 0 Å². The van der Waals surface area contributed by atoms with E-state index in [4.69, 9.17) is 0 Å². The molecule has 0 bridgehead atoms. The molecular weight excluding hydrogens is 228 g/mol. The molecule has 2 aromatic rings. The largest absolute Gasteiger partial charge is 0.312 e. The van der Waals surface area contributed by atoms with Gasteiger partial charge in [0, 0.05) is 16.5 Å². The van der Waals surface area contributed by atoms with Crippen molar-refractivity contribution in [1.29, 1.82) is 0 Å². The van der Waals surface area contributed by atoms with Crippen LogP contribution in [0.2, 0.25) is 0 Å². The van der Waals surface area contributed by atoms with E-state index in [1.165, 1.54) is 16.0 Å². The Morgan fingerprint density at radius 2 is 1.94 bits per heavy atom. The Morgan fingerprint density at radius 3 is 2.59 bits per heavy atom. The van der Waals surface area contributed by atoms with E-state index in [2.05, 4.69) is 55.3 Å². The van der Waals surface area contributed by atoms with Gasteiger partial charge in [0.1, 0.15) is 5.01 Å². The van der Waals surface area contributed by atoms with Crippen LogP contribution in [0.3, 0.4) is 0 Å². The van der Waals surface area contributed by atoms with Crippen LogP contribution in [0.5, 0.6) is 0 Å². The van der Waals surface area contributed by atoms with E-state index in [-0.39, 0.29) is 0 Å². The molecule has 0 aliphatic heterocycles. The topological polar surface area (TPSA) is 24.9 Å². The summed E-state index contributed by atoms with van der Waals surface area (Å²) in [7, 11) is 1.98. The third-order valence-corrected chi connectivity index (χ3v) is 4.41. The lowest BCUT2D eigenvalue weighted by molar-refractivity contribution is 0.658. The average molecular weight is 246 g/mol. The minimum Gasteiger partial charge on any atom is -0.312 e. The summed E-state index contributed by atoms with van der Waals surface area (Å²) in [5, 5.41) is 4.39. The predicted molar refractivity (Wildman–Crippen MR) is 74.5 cm³/mol. The highest BCUT2D eigenvalue weighted by atomic mass is 32.1. The molecule has 2 rings (SSSR count). The first kappa shape index (κ1) is 12.3. The number of aromatic nitrogens is 1. The predicted octanol–water partition coefficient (Wildman–Crippen LogP) is 3.71. The first-order chi connectivity index (χ1) is 8.13. The van der Waals surface area contributed by atoms with Crippen molar-refractivity contribution in [3.05, 3.63) is 40.4 Å². The molecule has 0 amide bonds. The van der Waals surface area contributed by atoms with E-state index in [1.807, 2.05) is 7.05 Å². The molecule has 0 aliphatic carbocycles. The summed E-state index contributed by atoms with van der Waals surface area (Å²) in [6.07, 6.45) is 0. The maximum absolute atomic E-state index is 4.69. The quantitative estimate of drug-likeness (QED) is 0.893. The maximum Gasteiger partial charge on any atom is 0.124 e. The van der Waals surface area contributed by atoms with Crippen molar-refractivity contribution in [2.24, 2.45) is 0 Å². The van der Waals surface area contributed by atoms with Crippen LogP contribution in [0.4, 0.5) is 0 Å². The average Bonchev–Trinajstić information content (AvgIpc) is 2.71. The van der Waals surface area contributed by atoms with Crippen LogP contribution in [-0.2, 0) is 0 Å². The van der Waals surface area contributed by atoms with Crippen LogP contribution < -0.4 is 5.32 Å². The minimum atomic E-state index is 0.366. The molecule has 0 spiro atoms. The van der Waals surface area contributed by atoms with Crippen molar-refractivity contribution in [2.75, 3.05) is 7.05 Å². The molecular formula is C14H18N2S. The first-order valence-corrected chi connectivity index (χ1v) is 6.65. The Kier molecular flexibility index (Phi) is 3.60. The maximum atomic E-state index is 4.69. The number of hydrogen-bond acceptors (Lipinski definition) is 3. The van der Waals surface area contributed by atoms with Gasteiger partial charge in [0.05, 0.1) is 5.69 Å². The van der Waals surface area contributed by atoms with Gasteiger partial charge in [-0.15, -0.1) is 11.3 Å². The van der Waals surface area contributed by atoms with Crippen molar-refractivity contribution < 1.29 is 0 Å². The van der Waals surface area contributed by atoms with Gasteiger partial charge < -0.3 is 5.32 Å². The third-order valence-electron chi connectivity index (χ3n) is 3.03. The second kappa shape index (κ2) is 4.98. The summed E-state index contributed by atoms with van der Waals surface area (Å²) in [5.74, 6) is 0. The molecule has 1 aromatic carbocycles. The highest BCUT2D eigenvalue weighted by Gasteiger charge is 2.14. The van der Waals surface area contributed by atoms with Crippen molar-refractivity contribution in [1.82, 2.24) is 10.3 Å². The molecule has 1 atom stereocenters. The zero-order valence-corrected chi connectivity index (χ0v) is 11.6. The zero-order valence-electron chi connectivity index (χ0n) is 10.7. The van der Waals surface area contributed by atoms with Crippen LogP contribution in [-0.4, -0.2) is 12.0 Å². The Labute approximate surface area is 107 Å². The number of benzene rings is 1. The van der Waals surface area contributed by atoms with Crippen molar-refractivity contribution in [2.45, 2.75) is 26.8 Å². The summed E-state index contributed by atoms with van der Waals surface area (Å²) in [5.41, 5.74) is 3.66. The van der Waals surface area contributed by atoms with E-state index in [0.717, 1.165) is 10.7 Å². The Hall–Kier alpha value is -1.19. The third kappa shape index (κ3) is 2.40. The van der Waals surface area contributed by atoms with E-state index >= 15 is 0 Å². The normalized spacial score (nSPS) is 12.7. The molecule has 1 unspecified atom stereocenters. The molecule has 2 nitrogen and oxygen atoms in total. The Bertz CT molecular complexity index is 517. The molecule has 0 radical (unpaired) electrons. The van der Waals surface area contributed by atoms with E-state index in [9.17, 15) is 0 Å². The van der Waals surface area contributed by atoms with Gasteiger partial charge >= 0.3 is 0 Å². The van der Waals surface area contributed by atoms with Crippen LogP contribution >= 0.6 is 11.3 Å². The van der Waals surface area contributed by atoms with Gasteiger partial charge in [-0.1, -0.05) is 24.3 Å². The number of thiazole rings is 1. The Morgan fingerprint density at radius 1 is 1.24 bits per heavy atom. The molecule has 1 N–H and O–H groups in total. The number of nitrogens with zero attached hydrogens (tertiary/aromatic N) is 1. The van der Waals surface area contributed by atoms with Crippen LogP contribution in [0.15, 0.2) is 24.3 Å². The summed E-state index contributed by atoms with van der Waals surface area (Å²) in [4.78, 5) is 6.01. The monoisotopic (exact) mass is 246 g/mol. The highest BCUT2D eigenvalue weighted by molar-refractivity contribution is 7.15. The van der Waals surface area contributed by atoms with Gasteiger partial charge in [0.15, 0.2) is 0 Å². The first-order valence-electron chi connectivity index (χ1n) is 5.84. The Balaban J connectivity index is 2.45. The van der Waals surface area contributed by atoms with Crippen molar-refractivity contribution in [3.63, 3.8) is 0 Å². The minimum absolute atomic E-state index is 0.366. The van der Waals surface area contributed by atoms with Gasteiger partial charge in [0.2, 0.25) is 0 Å². The fraction of sp³-hybridized carbons (Fsp3) is 0.357. The summed E-state index contributed by atoms with van der Waals surface area (Å²) in [6.45, 7) is 6.39. The van der Waals surface area contributed by atoms with Gasteiger partial charge in [-0.3, -0.25) is 0 Å². The number of rotatable bonds is 3. The van der Waals surface area contributed by atoms with Crippen molar-refractivity contribution >= 4 is 11.3 Å². The van der Waals surface area contributed by atoms with Crippen LogP contribution in [0, 0.1) is 13.8 Å². The lowest BCUT2D eigenvalue weighted by Gasteiger charge is -2.07. The molecule has 1 heterocycles. The second-order valence-electron chi connectivity index (χ2n) is 4.29. The zero-order chi connectivity index (χ0) is 12.4. The van der Waals surface area contributed by atoms with Gasteiger partial charge in [-0.05, 0) is 33.4 Å². The standard InChI is InChI=1S/C14H18N2S/c1-9-7-5-6-8-12(9)14-16-11(3)13(17-14)10(2)15-4/h5-8,10,15H,1-4H3. The lowest BCUT2D eigenvalue weighted by Crippen LogP contribution is -2.11. The number of nitrogens with one attached hydrogen (secondary N) is 1. The summed E-state index contributed by atoms with van der Waals surface area (Å²) < 4.78 is 0. The smallest absolute Gasteiger partial charge is 0.124 e. The van der Waals surface area contributed by atoms with Crippen molar-refractivity contribution in [3.8, 4) is 10.6 Å². The second-order valence-corrected chi connectivity index (χ2v) is 5.32. The van der Waals surface area contributed by atoms with E-state index in [0.29, 0.717) is 6.04 Å². The lowest BCUT2D eigenvalue weighted by atomic mass is 10.1. The molecule has 0 saturated heterocycles. The summed E-state index contributed by atoms with van der Waals surface area (Å²) in [6, 6.07) is 8.77. The molecule has 17 heavy (non-hydrogen) atoms. The summed E-state index contributed by atoms with van der Waals surface area (Å²) >= 11 is 1.79. The SMILES string of the molecule is CNC(C)c1sc(-c2ccccc2C)nc1C. The number of aryl methyl sites for hydroxylation is 2. The molecule has 1 aromatic heterocycles. The molecule has 90 valence electrons. The number of hydrogen-bond donors (Lipinski definition) is 1. The van der Waals surface area contributed by atoms with E-state index in [1.54, 1.807) is 11.3 Å². The molecule has 3 heteroatoms. The van der Waals surface area contributed by atoms with E-state index < -0.39 is 0 Å². The fourth-order valence-electron chi connectivity index (χ4n) is 1.87. The van der Waals surface area contributed by atoms with Gasteiger partial charge in [0.25, 0.3) is 0 Å². The molecule has 0 aliphatic rings. The molecule has 0 fully saturated rings. The fourth-order valence-corrected chi connectivity index (χ4v) is 3.09. The highest BCUT2D eigenvalue weighted by Crippen LogP contribution is 2.32. The van der Waals surface area contributed by atoms with Crippen LogP contribution in [0.25, 0.3) is 10.6 Å². The van der Waals surface area contributed by atoms with Crippen LogP contribution in [0.1, 0.15) is 29.1 Å². The van der Waals surface area contributed by atoms with Gasteiger partial charge in [-0.25, -0.2) is 4.98 Å².